The first-order valence-corrected chi connectivity index (χ1v) is 7.12. The Morgan fingerprint density at radius 1 is 1.43 bits per heavy atom. The van der Waals surface area contributed by atoms with Gasteiger partial charge in [-0.05, 0) is 19.8 Å². The average molecular weight is 295 g/mol. The van der Waals surface area contributed by atoms with E-state index < -0.39 is 0 Å². The van der Waals surface area contributed by atoms with Crippen LogP contribution in [-0.4, -0.2) is 48.2 Å². The summed E-state index contributed by atoms with van der Waals surface area (Å²) in [5.74, 6) is -0.228. The number of amides is 1. The number of aromatic nitrogens is 1. The first-order valence-electron chi connectivity index (χ1n) is 7.12. The predicted molar refractivity (Wildman–Crippen MR) is 75.7 cm³/mol. The highest BCUT2D eigenvalue weighted by Crippen LogP contribution is 2.23. The number of hydrogen-bond donors (Lipinski definition) is 1. The third-order valence-corrected chi connectivity index (χ3v) is 3.64. The van der Waals surface area contributed by atoms with E-state index in [1.807, 2.05) is 4.90 Å². The van der Waals surface area contributed by atoms with Gasteiger partial charge in [0.25, 0.3) is 0 Å². The number of rotatable bonds is 6. The third kappa shape index (κ3) is 4.56. The number of nitrogens with zero attached hydrogens (tertiary/aromatic N) is 2. The van der Waals surface area contributed by atoms with Gasteiger partial charge in [0.2, 0.25) is 11.8 Å². The monoisotopic (exact) mass is 295 g/mol. The number of anilines is 1. The van der Waals surface area contributed by atoms with E-state index in [2.05, 4.69) is 10.5 Å². The molecule has 7 heteroatoms. The number of methoxy groups -OCH3 is 1. The van der Waals surface area contributed by atoms with Crippen molar-refractivity contribution in [2.24, 2.45) is 0 Å². The molecule has 116 valence electrons. The van der Waals surface area contributed by atoms with Crippen molar-refractivity contribution < 1.29 is 18.8 Å². The van der Waals surface area contributed by atoms with Crippen molar-refractivity contribution in [1.29, 1.82) is 0 Å². The molecular formula is C14H21N3O4. The van der Waals surface area contributed by atoms with Gasteiger partial charge in [-0.1, -0.05) is 18.0 Å². The fraction of sp³-hybridized carbons (Fsp3) is 0.643. The highest BCUT2D eigenvalue weighted by atomic mass is 16.5. The molecule has 1 aliphatic rings. The van der Waals surface area contributed by atoms with Gasteiger partial charge in [0.1, 0.15) is 0 Å². The minimum Gasteiger partial charge on any atom is -0.468 e. The van der Waals surface area contributed by atoms with Gasteiger partial charge < -0.3 is 9.26 Å². The van der Waals surface area contributed by atoms with Crippen molar-refractivity contribution in [2.45, 2.75) is 38.6 Å². The quantitative estimate of drug-likeness (QED) is 0.797. The lowest BCUT2D eigenvalue weighted by molar-refractivity contribution is -0.142. The van der Waals surface area contributed by atoms with Crippen LogP contribution in [0.15, 0.2) is 10.6 Å². The van der Waals surface area contributed by atoms with Gasteiger partial charge in [0.15, 0.2) is 0 Å². The number of nitrogens with one attached hydrogen (secondary N) is 1. The molecule has 0 unspecified atom stereocenters. The molecule has 0 radical (unpaired) electrons. The first kappa shape index (κ1) is 15.5. The summed E-state index contributed by atoms with van der Waals surface area (Å²) in [7, 11) is 1.35. The Bertz CT molecular complexity index is 494. The summed E-state index contributed by atoms with van der Waals surface area (Å²) in [6, 6.07) is 1.91. The Balaban J connectivity index is 1.93. The Hall–Kier alpha value is -1.89. The summed E-state index contributed by atoms with van der Waals surface area (Å²) >= 11 is 0. The number of aryl methyl sites for hydroxylation is 1. The molecule has 1 aliphatic carbocycles. The van der Waals surface area contributed by atoms with Crippen LogP contribution in [0, 0.1) is 6.92 Å². The van der Waals surface area contributed by atoms with E-state index >= 15 is 0 Å². The molecule has 21 heavy (non-hydrogen) atoms. The van der Waals surface area contributed by atoms with E-state index in [0.717, 1.165) is 25.7 Å². The molecule has 1 N–H and O–H groups in total. The molecule has 0 aliphatic heterocycles. The molecular weight excluding hydrogens is 274 g/mol. The molecule has 0 saturated heterocycles. The molecule has 1 aromatic heterocycles. The standard InChI is InChI=1S/C14H21N3O4/c1-10-7-13(21-16-10)15-12(18)8-17(9-14(19)20-2)11-5-3-4-6-11/h7,11H,3-6,8-9H2,1-2H3,(H,15,18). The predicted octanol–water partition coefficient (Wildman–Crippen LogP) is 1.34. The van der Waals surface area contributed by atoms with E-state index in [-0.39, 0.29) is 31.0 Å². The van der Waals surface area contributed by atoms with Crippen LogP contribution >= 0.6 is 0 Å². The maximum absolute atomic E-state index is 12.1. The zero-order valence-corrected chi connectivity index (χ0v) is 12.4. The molecule has 1 aromatic rings. The van der Waals surface area contributed by atoms with Crippen LogP contribution < -0.4 is 5.32 Å². The highest BCUT2D eigenvalue weighted by molar-refractivity contribution is 5.91. The fourth-order valence-corrected chi connectivity index (χ4v) is 2.60. The normalized spacial score (nSPS) is 15.4. The van der Waals surface area contributed by atoms with Crippen molar-refractivity contribution in [3.63, 3.8) is 0 Å². The second-order valence-corrected chi connectivity index (χ2v) is 5.30. The van der Waals surface area contributed by atoms with Crippen molar-refractivity contribution in [3.05, 3.63) is 11.8 Å². The van der Waals surface area contributed by atoms with Crippen LogP contribution in [0.25, 0.3) is 0 Å². The molecule has 1 saturated carbocycles. The topological polar surface area (TPSA) is 84.7 Å². The minimum atomic E-state index is -0.329. The Kier molecular flexibility index (Phi) is 5.32. The second kappa shape index (κ2) is 7.21. The maximum atomic E-state index is 12.1. The van der Waals surface area contributed by atoms with Crippen LogP contribution in [0.5, 0.6) is 0 Å². The fourth-order valence-electron chi connectivity index (χ4n) is 2.60. The number of carbonyl (C=O) groups is 2. The van der Waals surface area contributed by atoms with Gasteiger partial charge in [0.05, 0.1) is 25.9 Å². The van der Waals surface area contributed by atoms with E-state index in [4.69, 9.17) is 9.26 Å². The molecule has 0 bridgehead atoms. The highest BCUT2D eigenvalue weighted by Gasteiger charge is 2.26. The Morgan fingerprint density at radius 3 is 2.71 bits per heavy atom. The lowest BCUT2D eigenvalue weighted by Crippen LogP contribution is -2.42. The van der Waals surface area contributed by atoms with Crippen molar-refractivity contribution in [1.82, 2.24) is 10.1 Å². The van der Waals surface area contributed by atoms with E-state index in [1.165, 1.54) is 7.11 Å². The number of esters is 1. The molecule has 0 aromatic carbocycles. The minimum absolute atomic E-state index is 0.129. The third-order valence-electron chi connectivity index (χ3n) is 3.64. The average Bonchev–Trinajstić information content (AvgIpc) is 3.09. The summed E-state index contributed by atoms with van der Waals surface area (Å²) in [6.07, 6.45) is 4.27. The Morgan fingerprint density at radius 2 is 2.14 bits per heavy atom. The summed E-state index contributed by atoms with van der Waals surface area (Å²) in [5.41, 5.74) is 0.701. The number of hydrogen-bond acceptors (Lipinski definition) is 6. The lowest BCUT2D eigenvalue weighted by Gasteiger charge is -2.26. The summed E-state index contributed by atoms with van der Waals surface area (Å²) in [6.45, 7) is 2.05. The SMILES string of the molecule is COC(=O)CN(CC(=O)Nc1cc(C)no1)C1CCCC1. The van der Waals surface area contributed by atoms with E-state index in [0.29, 0.717) is 11.6 Å². The largest absolute Gasteiger partial charge is 0.468 e. The Labute approximate surface area is 123 Å². The summed E-state index contributed by atoms with van der Waals surface area (Å²) in [4.78, 5) is 25.4. The van der Waals surface area contributed by atoms with Crippen LogP contribution in [0.3, 0.4) is 0 Å². The van der Waals surface area contributed by atoms with Gasteiger partial charge in [-0.15, -0.1) is 0 Å². The lowest BCUT2D eigenvalue weighted by atomic mass is 10.2. The number of carbonyl (C=O) groups excluding carboxylic acids is 2. The summed E-state index contributed by atoms with van der Waals surface area (Å²) < 4.78 is 9.65. The van der Waals surface area contributed by atoms with Gasteiger partial charge in [0, 0.05) is 12.1 Å². The molecule has 7 nitrogen and oxygen atoms in total. The smallest absolute Gasteiger partial charge is 0.319 e. The molecule has 0 spiro atoms. The zero-order chi connectivity index (χ0) is 15.2. The van der Waals surface area contributed by atoms with Gasteiger partial charge >= 0.3 is 5.97 Å². The van der Waals surface area contributed by atoms with Crippen molar-refractivity contribution >= 4 is 17.8 Å². The van der Waals surface area contributed by atoms with Gasteiger partial charge in [-0.3, -0.25) is 19.8 Å². The van der Waals surface area contributed by atoms with E-state index in [1.54, 1.807) is 13.0 Å². The van der Waals surface area contributed by atoms with Crippen LogP contribution in [-0.2, 0) is 14.3 Å². The van der Waals surface area contributed by atoms with Gasteiger partial charge in [-0.25, -0.2) is 0 Å². The van der Waals surface area contributed by atoms with Crippen molar-refractivity contribution in [2.75, 3.05) is 25.5 Å². The van der Waals surface area contributed by atoms with Gasteiger partial charge in [-0.2, -0.15) is 0 Å². The molecule has 0 atom stereocenters. The summed E-state index contributed by atoms with van der Waals surface area (Å²) in [5, 5.41) is 6.36. The molecule has 2 rings (SSSR count). The molecule has 1 fully saturated rings. The maximum Gasteiger partial charge on any atom is 0.319 e. The van der Waals surface area contributed by atoms with Crippen LogP contribution in [0.4, 0.5) is 5.88 Å². The second-order valence-electron chi connectivity index (χ2n) is 5.30. The molecule has 1 heterocycles. The zero-order valence-electron chi connectivity index (χ0n) is 12.4. The number of ether oxygens (including phenoxy) is 1. The van der Waals surface area contributed by atoms with Crippen LogP contribution in [0.1, 0.15) is 31.4 Å². The first-order chi connectivity index (χ1) is 10.1. The van der Waals surface area contributed by atoms with E-state index in [9.17, 15) is 9.59 Å². The molecule has 1 amide bonds. The van der Waals surface area contributed by atoms with Crippen molar-refractivity contribution in [3.8, 4) is 0 Å². The van der Waals surface area contributed by atoms with Crippen LogP contribution in [0.2, 0.25) is 0 Å².